The third-order valence-corrected chi connectivity index (χ3v) is 0.676. The van der Waals surface area contributed by atoms with Crippen LogP contribution in [0.1, 0.15) is 0 Å². The highest BCUT2D eigenvalue weighted by Crippen LogP contribution is 1.96. The Morgan fingerprint density at radius 2 is 1.91 bits per heavy atom. The van der Waals surface area contributed by atoms with E-state index in [-0.39, 0.29) is 0 Å². The van der Waals surface area contributed by atoms with E-state index in [2.05, 4.69) is 11.3 Å². The standard InChI is InChI=1S/C6H6O5/c1-2-11-4(6(9)10)3-5(7)8/h2-3H,1H2,(H,7,8)(H,9,10)/b4-3+. The summed E-state index contributed by atoms with van der Waals surface area (Å²) in [7, 11) is 0. The summed E-state index contributed by atoms with van der Waals surface area (Å²) in [6.45, 7) is 3.07. The number of ether oxygens (including phenoxy) is 1. The fraction of sp³-hybridized carbons (Fsp3) is 0. The van der Waals surface area contributed by atoms with Crippen LogP contribution in [-0.4, -0.2) is 22.2 Å². The lowest BCUT2D eigenvalue weighted by molar-refractivity contribution is -0.137. The van der Waals surface area contributed by atoms with Gasteiger partial charge in [-0.15, -0.1) is 0 Å². The first-order valence-corrected chi connectivity index (χ1v) is 2.53. The number of carboxylic acid groups (broad SMARTS) is 2. The van der Waals surface area contributed by atoms with Crippen molar-refractivity contribution in [2.24, 2.45) is 0 Å². The van der Waals surface area contributed by atoms with Crippen molar-refractivity contribution in [2.75, 3.05) is 0 Å². The van der Waals surface area contributed by atoms with Gasteiger partial charge >= 0.3 is 11.9 Å². The number of aliphatic carboxylic acids is 2. The molecule has 0 spiro atoms. The molecular formula is C6H6O5. The molecule has 0 aromatic rings. The van der Waals surface area contributed by atoms with Gasteiger partial charge in [-0.2, -0.15) is 0 Å². The third kappa shape index (κ3) is 3.74. The maximum Gasteiger partial charge on any atom is 0.372 e. The monoisotopic (exact) mass is 158 g/mol. The SMILES string of the molecule is C=CO/C(=C/C(=O)O)C(=O)O. The first-order chi connectivity index (χ1) is 5.07. The topological polar surface area (TPSA) is 83.8 Å². The van der Waals surface area contributed by atoms with Gasteiger partial charge in [-0.25, -0.2) is 9.59 Å². The molecule has 0 aromatic heterocycles. The molecule has 0 saturated heterocycles. The van der Waals surface area contributed by atoms with E-state index >= 15 is 0 Å². The van der Waals surface area contributed by atoms with Crippen molar-refractivity contribution in [2.45, 2.75) is 0 Å². The van der Waals surface area contributed by atoms with Crippen LogP contribution in [0.15, 0.2) is 24.7 Å². The fourth-order valence-electron chi connectivity index (χ4n) is 0.348. The lowest BCUT2D eigenvalue weighted by Gasteiger charge is -1.96. The summed E-state index contributed by atoms with van der Waals surface area (Å²) in [5.41, 5.74) is 0. The van der Waals surface area contributed by atoms with Crippen molar-refractivity contribution in [3.05, 3.63) is 24.7 Å². The maximum atomic E-state index is 10.1. The summed E-state index contributed by atoms with van der Waals surface area (Å²) in [6.07, 6.45) is 1.27. The molecule has 0 heterocycles. The number of hydrogen-bond donors (Lipinski definition) is 2. The minimum absolute atomic E-state index is 0.435. The lowest BCUT2D eigenvalue weighted by Crippen LogP contribution is -2.04. The molecule has 0 rings (SSSR count). The zero-order chi connectivity index (χ0) is 8.85. The van der Waals surface area contributed by atoms with Crippen molar-refractivity contribution in [1.29, 1.82) is 0 Å². The van der Waals surface area contributed by atoms with E-state index in [0.717, 1.165) is 6.26 Å². The minimum atomic E-state index is -1.45. The Bertz CT molecular complexity index is 215. The summed E-state index contributed by atoms with van der Waals surface area (Å²) in [5.74, 6) is -3.51. The van der Waals surface area contributed by atoms with E-state index in [4.69, 9.17) is 10.2 Å². The van der Waals surface area contributed by atoms with Gasteiger partial charge < -0.3 is 14.9 Å². The van der Waals surface area contributed by atoms with Gasteiger partial charge in [0, 0.05) is 0 Å². The highest BCUT2D eigenvalue weighted by atomic mass is 16.5. The Balaban J connectivity index is 4.44. The van der Waals surface area contributed by atoms with E-state index in [1.165, 1.54) is 0 Å². The Morgan fingerprint density at radius 3 is 2.18 bits per heavy atom. The molecular weight excluding hydrogens is 152 g/mol. The van der Waals surface area contributed by atoms with Crippen LogP contribution in [0.5, 0.6) is 0 Å². The predicted molar refractivity (Wildman–Crippen MR) is 34.6 cm³/mol. The van der Waals surface area contributed by atoms with Crippen LogP contribution >= 0.6 is 0 Å². The molecule has 2 N–H and O–H groups in total. The van der Waals surface area contributed by atoms with Crippen molar-refractivity contribution in [3.63, 3.8) is 0 Å². The van der Waals surface area contributed by atoms with Crippen LogP contribution in [0.4, 0.5) is 0 Å². The average molecular weight is 158 g/mol. The second-order valence-electron chi connectivity index (χ2n) is 1.44. The Hall–Kier alpha value is -1.78. The van der Waals surface area contributed by atoms with E-state index in [1.54, 1.807) is 0 Å². The summed E-state index contributed by atoms with van der Waals surface area (Å²) in [6, 6.07) is 0. The van der Waals surface area contributed by atoms with Gasteiger partial charge in [0.15, 0.2) is 0 Å². The van der Waals surface area contributed by atoms with Crippen molar-refractivity contribution in [1.82, 2.24) is 0 Å². The minimum Gasteiger partial charge on any atom is -0.478 e. The normalized spacial score (nSPS) is 10.4. The molecule has 0 aliphatic rings. The van der Waals surface area contributed by atoms with Gasteiger partial charge in [0.25, 0.3) is 0 Å². The first kappa shape index (κ1) is 9.22. The van der Waals surface area contributed by atoms with Crippen LogP contribution in [0.3, 0.4) is 0 Å². The van der Waals surface area contributed by atoms with Crippen LogP contribution in [-0.2, 0) is 14.3 Å². The second kappa shape index (κ2) is 4.10. The van der Waals surface area contributed by atoms with Crippen LogP contribution in [0.25, 0.3) is 0 Å². The van der Waals surface area contributed by atoms with Gasteiger partial charge in [0.2, 0.25) is 5.76 Å². The molecule has 0 aliphatic carbocycles. The van der Waals surface area contributed by atoms with Gasteiger partial charge in [-0.05, 0) is 0 Å². The van der Waals surface area contributed by atoms with E-state index in [0.29, 0.717) is 6.08 Å². The maximum absolute atomic E-state index is 10.1. The molecule has 0 amide bonds. The third-order valence-electron chi connectivity index (χ3n) is 0.676. The van der Waals surface area contributed by atoms with Gasteiger partial charge in [-0.3, -0.25) is 0 Å². The number of rotatable bonds is 4. The molecule has 5 heteroatoms. The van der Waals surface area contributed by atoms with Crippen molar-refractivity contribution >= 4 is 11.9 Å². The highest BCUT2D eigenvalue weighted by Gasteiger charge is 2.08. The second-order valence-corrected chi connectivity index (χ2v) is 1.44. The predicted octanol–water partition coefficient (Wildman–Crippen LogP) is 0.200. The zero-order valence-corrected chi connectivity index (χ0v) is 5.48. The van der Waals surface area contributed by atoms with E-state index in [9.17, 15) is 9.59 Å². The molecule has 0 aromatic carbocycles. The van der Waals surface area contributed by atoms with E-state index in [1.807, 2.05) is 0 Å². The molecule has 0 bridgehead atoms. The van der Waals surface area contributed by atoms with Gasteiger partial charge in [-0.1, -0.05) is 6.58 Å². The largest absolute Gasteiger partial charge is 0.478 e. The van der Waals surface area contributed by atoms with Crippen LogP contribution < -0.4 is 0 Å². The average Bonchev–Trinajstić information content (AvgIpc) is 1.86. The smallest absolute Gasteiger partial charge is 0.372 e. The Morgan fingerprint density at radius 1 is 1.36 bits per heavy atom. The zero-order valence-electron chi connectivity index (χ0n) is 5.48. The fourth-order valence-corrected chi connectivity index (χ4v) is 0.348. The molecule has 5 nitrogen and oxygen atoms in total. The van der Waals surface area contributed by atoms with E-state index < -0.39 is 17.7 Å². The molecule has 0 fully saturated rings. The van der Waals surface area contributed by atoms with Crippen molar-refractivity contribution in [3.8, 4) is 0 Å². The quantitative estimate of drug-likeness (QED) is 0.451. The molecule has 11 heavy (non-hydrogen) atoms. The molecule has 0 atom stereocenters. The summed E-state index contributed by atoms with van der Waals surface area (Å²) in [4.78, 5) is 20.1. The lowest BCUT2D eigenvalue weighted by atomic mass is 10.4. The number of carbonyl (C=O) groups is 2. The van der Waals surface area contributed by atoms with Crippen LogP contribution in [0, 0.1) is 0 Å². The molecule has 60 valence electrons. The molecule has 0 unspecified atom stereocenters. The highest BCUT2D eigenvalue weighted by molar-refractivity contribution is 5.92. The van der Waals surface area contributed by atoms with Gasteiger partial charge in [0.1, 0.15) is 0 Å². The Kier molecular flexibility index (Phi) is 3.44. The summed E-state index contributed by atoms with van der Waals surface area (Å²) in [5, 5.41) is 16.4. The van der Waals surface area contributed by atoms with Crippen LogP contribution in [0.2, 0.25) is 0 Å². The molecule has 0 saturated carbocycles. The van der Waals surface area contributed by atoms with Crippen molar-refractivity contribution < 1.29 is 24.5 Å². The molecule has 0 aliphatic heterocycles. The summed E-state index contributed by atoms with van der Waals surface area (Å²) < 4.78 is 4.26. The first-order valence-electron chi connectivity index (χ1n) is 2.53. The van der Waals surface area contributed by atoms with Gasteiger partial charge in [0.05, 0.1) is 12.3 Å². The summed E-state index contributed by atoms with van der Waals surface area (Å²) >= 11 is 0. The number of carboxylic acids is 2. The number of hydrogen-bond acceptors (Lipinski definition) is 3. The Labute approximate surface area is 62.2 Å². The molecule has 0 radical (unpaired) electrons.